The van der Waals surface area contributed by atoms with Crippen molar-refractivity contribution in [1.29, 1.82) is 0 Å². The number of amides is 1. The van der Waals surface area contributed by atoms with Crippen LogP contribution in [0.25, 0.3) is 0 Å². The molecule has 1 N–H and O–H groups in total. The predicted molar refractivity (Wildman–Crippen MR) is 109 cm³/mol. The highest BCUT2D eigenvalue weighted by molar-refractivity contribution is 5.83. The van der Waals surface area contributed by atoms with Gasteiger partial charge >= 0.3 is 0 Å². The van der Waals surface area contributed by atoms with Crippen molar-refractivity contribution in [1.82, 2.24) is 5.32 Å². The van der Waals surface area contributed by atoms with Gasteiger partial charge in [0.1, 0.15) is 0 Å². The van der Waals surface area contributed by atoms with Gasteiger partial charge in [0.25, 0.3) is 0 Å². The molecule has 0 unspecified atom stereocenters. The number of rotatable bonds is 8. The van der Waals surface area contributed by atoms with Gasteiger partial charge in [0.2, 0.25) is 5.91 Å². The first-order valence-electron chi connectivity index (χ1n) is 10.7. The van der Waals surface area contributed by atoms with Crippen LogP contribution in [0.3, 0.4) is 0 Å². The minimum absolute atomic E-state index is 0.0423. The Hall–Kier alpha value is -1.55. The number of hydrogen-bond donors (Lipinski definition) is 1. The summed E-state index contributed by atoms with van der Waals surface area (Å²) in [5.74, 6) is 2.75. The van der Waals surface area contributed by atoms with E-state index < -0.39 is 0 Å². The highest BCUT2D eigenvalue weighted by Gasteiger charge is 2.54. The first-order valence-corrected chi connectivity index (χ1v) is 10.7. The maximum atomic E-state index is 12.9. The molecule has 4 nitrogen and oxygen atoms in total. The summed E-state index contributed by atoms with van der Waals surface area (Å²) in [4.78, 5) is 15.0. The fraction of sp³-hybridized carbons (Fsp3) is 0.696. The second-order valence-electron chi connectivity index (χ2n) is 9.34. The number of ether oxygens (including phenoxy) is 1. The lowest BCUT2D eigenvalue weighted by molar-refractivity contribution is -0.146. The zero-order chi connectivity index (χ0) is 18.9. The Labute approximate surface area is 163 Å². The van der Waals surface area contributed by atoms with Gasteiger partial charge in [-0.15, -0.1) is 0 Å². The van der Waals surface area contributed by atoms with E-state index in [4.69, 9.17) is 4.74 Å². The molecule has 4 heteroatoms. The van der Waals surface area contributed by atoms with Crippen LogP contribution in [0, 0.1) is 23.2 Å². The van der Waals surface area contributed by atoms with Gasteiger partial charge in [-0.1, -0.05) is 18.2 Å². The molecule has 4 fully saturated rings. The summed E-state index contributed by atoms with van der Waals surface area (Å²) in [6.45, 7) is 1.93. The average Bonchev–Trinajstić information content (AvgIpc) is 2.63. The van der Waals surface area contributed by atoms with E-state index in [9.17, 15) is 4.79 Å². The first kappa shape index (κ1) is 18.8. The van der Waals surface area contributed by atoms with Gasteiger partial charge in [0.15, 0.2) is 0 Å². The molecule has 5 rings (SSSR count). The van der Waals surface area contributed by atoms with Crippen LogP contribution in [-0.4, -0.2) is 39.8 Å². The molecule has 4 saturated carbocycles. The number of nitrogens with one attached hydrogen (secondary N) is 1. The first-order chi connectivity index (χ1) is 13.1. The van der Waals surface area contributed by atoms with E-state index in [1.165, 1.54) is 30.5 Å². The Bertz CT molecular complexity index is 635. The number of nitrogens with zero attached hydrogens (tertiary/aromatic N) is 1. The van der Waals surface area contributed by atoms with Crippen molar-refractivity contribution in [2.24, 2.45) is 23.2 Å². The molecule has 0 spiro atoms. The van der Waals surface area contributed by atoms with Gasteiger partial charge in [-0.25, -0.2) is 0 Å². The molecule has 4 aliphatic rings. The SMILES string of the molecule is CN(C)c1ccccc1CCOCCNC(=O)C12CC3CC(CC(C3)C1)C2. The number of anilines is 1. The third-order valence-corrected chi connectivity index (χ3v) is 7.04. The van der Waals surface area contributed by atoms with E-state index in [-0.39, 0.29) is 5.41 Å². The summed E-state index contributed by atoms with van der Waals surface area (Å²) < 4.78 is 5.81. The second-order valence-corrected chi connectivity index (χ2v) is 9.34. The summed E-state index contributed by atoms with van der Waals surface area (Å²) in [6.07, 6.45) is 8.43. The Balaban J connectivity index is 1.18. The summed E-state index contributed by atoms with van der Waals surface area (Å²) in [5, 5.41) is 3.20. The van der Waals surface area contributed by atoms with Crippen LogP contribution in [0.5, 0.6) is 0 Å². The van der Waals surface area contributed by atoms with Crippen LogP contribution >= 0.6 is 0 Å². The number of para-hydroxylation sites is 1. The number of benzene rings is 1. The van der Waals surface area contributed by atoms with Crippen molar-refractivity contribution in [3.8, 4) is 0 Å². The van der Waals surface area contributed by atoms with Crippen LogP contribution < -0.4 is 10.2 Å². The maximum Gasteiger partial charge on any atom is 0.226 e. The van der Waals surface area contributed by atoms with E-state index in [1.807, 2.05) is 0 Å². The van der Waals surface area contributed by atoms with Gasteiger partial charge < -0.3 is 15.0 Å². The summed E-state index contributed by atoms with van der Waals surface area (Å²) in [5.41, 5.74) is 2.51. The van der Waals surface area contributed by atoms with Gasteiger partial charge in [-0.3, -0.25) is 4.79 Å². The Morgan fingerprint density at radius 3 is 2.33 bits per heavy atom. The Morgan fingerprint density at radius 1 is 1.07 bits per heavy atom. The van der Waals surface area contributed by atoms with E-state index in [2.05, 4.69) is 48.6 Å². The molecular weight excluding hydrogens is 336 g/mol. The molecule has 1 aromatic carbocycles. The summed E-state index contributed by atoms with van der Waals surface area (Å²) in [6, 6.07) is 8.45. The van der Waals surface area contributed by atoms with Gasteiger partial charge in [-0.2, -0.15) is 0 Å². The van der Waals surface area contributed by atoms with Crippen LogP contribution in [0.4, 0.5) is 5.69 Å². The van der Waals surface area contributed by atoms with Crippen molar-refractivity contribution in [2.75, 3.05) is 38.8 Å². The summed E-state index contributed by atoms with van der Waals surface area (Å²) in [7, 11) is 4.14. The van der Waals surface area contributed by atoms with Gasteiger partial charge in [0, 0.05) is 31.7 Å². The second kappa shape index (κ2) is 7.83. The molecule has 27 heavy (non-hydrogen) atoms. The Kier molecular flexibility index (Phi) is 5.45. The highest BCUT2D eigenvalue weighted by atomic mass is 16.5. The molecule has 1 amide bonds. The maximum absolute atomic E-state index is 12.9. The van der Waals surface area contributed by atoms with Crippen LogP contribution in [0.1, 0.15) is 44.1 Å². The van der Waals surface area contributed by atoms with Crippen molar-refractivity contribution in [3.05, 3.63) is 29.8 Å². The minimum Gasteiger partial charge on any atom is -0.379 e. The van der Waals surface area contributed by atoms with E-state index in [0.717, 1.165) is 43.4 Å². The molecule has 4 aliphatic carbocycles. The van der Waals surface area contributed by atoms with Crippen LogP contribution in [-0.2, 0) is 16.0 Å². The molecule has 0 aliphatic heterocycles. The van der Waals surface area contributed by atoms with Crippen LogP contribution in [0.2, 0.25) is 0 Å². The largest absolute Gasteiger partial charge is 0.379 e. The molecule has 0 aromatic heterocycles. The molecule has 148 valence electrons. The van der Waals surface area contributed by atoms with E-state index in [0.29, 0.717) is 25.7 Å². The lowest BCUT2D eigenvalue weighted by Crippen LogP contribution is -2.53. The van der Waals surface area contributed by atoms with E-state index >= 15 is 0 Å². The molecule has 4 bridgehead atoms. The standard InChI is InChI=1S/C23H34N2O2/c1-25(2)21-6-4-3-5-20(21)7-9-27-10-8-24-22(26)23-14-17-11-18(15-23)13-19(12-17)16-23/h3-6,17-19H,7-16H2,1-2H3,(H,24,26). The molecule has 1 aromatic rings. The molecule has 0 atom stereocenters. The average molecular weight is 371 g/mol. The van der Waals surface area contributed by atoms with Crippen LogP contribution in [0.15, 0.2) is 24.3 Å². The zero-order valence-corrected chi connectivity index (χ0v) is 16.9. The lowest BCUT2D eigenvalue weighted by Gasteiger charge is -2.55. The predicted octanol–water partition coefficient (Wildman–Crippen LogP) is 3.64. The smallest absolute Gasteiger partial charge is 0.226 e. The topological polar surface area (TPSA) is 41.6 Å². The number of carbonyl (C=O) groups is 1. The molecule has 0 radical (unpaired) electrons. The lowest BCUT2D eigenvalue weighted by atomic mass is 9.49. The monoisotopic (exact) mass is 370 g/mol. The Morgan fingerprint density at radius 2 is 1.70 bits per heavy atom. The third kappa shape index (κ3) is 4.01. The highest BCUT2D eigenvalue weighted by Crippen LogP contribution is 2.60. The minimum atomic E-state index is -0.0423. The van der Waals surface area contributed by atoms with Gasteiger partial charge in [0.05, 0.1) is 13.2 Å². The van der Waals surface area contributed by atoms with Crippen molar-refractivity contribution >= 4 is 11.6 Å². The van der Waals surface area contributed by atoms with Crippen molar-refractivity contribution in [2.45, 2.75) is 44.9 Å². The van der Waals surface area contributed by atoms with Crippen molar-refractivity contribution < 1.29 is 9.53 Å². The van der Waals surface area contributed by atoms with Crippen molar-refractivity contribution in [3.63, 3.8) is 0 Å². The quantitative estimate of drug-likeness (QED) is 0.710. The number of carbonyl (C=O) groups excluding carboxylic acids is 1. The van der Waals surface area contributed by atoms with Gasteiger partial charge in [-0.05, 0) is 74.3 Å². The van der Waals surface area contributed by atoms with E-state index in [1.54, 1.807) is 0 Å². The zero-order valence-electron chi connectivity index (χ0n) is 16.9. The molecular formula is C23H34N2O2. The molecule has 0 saturated heterocycles. The number of hydrogen-bond acceptors (Lipinski definition) is 3. The normalized spacial score (nSPS) is 31.1. The fourth-order valence-electron chi connectivity index (χ4n) is 6.26. The fourth-order valence-corrected chi connectivity index (χ4v) is 6.26. The third-order valence-electron chi connectivity index (χ3n) is 7.04. The molecule has 0 heterocycles. The summed E-state index contributed by atoms with van der Waals surface area (Å²) >= 11 is 0.